The fourth-order valence-corrected chi connectivity index (χ4v) is 7.17. The number of anilines is 1. The minimum atomic E-state index is -0.864. The summed E-state index contributed by atoms with van der Waals surface area (Å²) in [5.41, 5.74) is 1.07. The molecule has 2 atom stereocenters. The SMILES string of the molecule is CN(C)Cc1ccc(-c2nc(-c3c[nH]c4ncc(F)cc34)nc(N[C@H]3C4CCC(CC4)[C@@H]3C(=O)O)c2F)s1. The van der Waals surface area contributed by atoms with Gasteiger partial charge in [-0.15, -0.1) is 11.3 Å². The second-order valence-electron chi connectivity index (χ2n) is 10.5. The number of aromatic nitrogens is 4. The lowest BCUT2D eigenvalue weighted by atomic mass is 9.61. The van der Waals surface area contributed by atoms with Crippen LogP contribution in [0.15, 0.2) is 30.6 Å². The summed E-state index contributed by atoms with van der Waals surface area (Å²) < 4.78 is 30.2. The number of H-pyrrole nitrogens is 1. The van der Waals surface area contributed by atoms with Crippen LogP contribution in [-0.2, 0) is 11.3 Å². The van der Waals surface area contributed by atoms with Gasteiger partial charge in [-0.25, -0.2) is 23.7 Å². The lowest BCUT2D eigenvalue weighted by Crippen LogP contribution is -2.51. The molecular weight excluding hydrogens is 510 g/mol. The predicted octanol–water partition coefficient (Wildman–Crippen LogP) is 5.39. The van der Waals surface area contributed by atoms with Crippen LogP contribution in [0.25, 0.3) is 33.0 Å². The topological polar surface area (TPSA) is 107 Å². The van der Waals surface area contributed by atoms with E-state index >= 15 is 4.39 Å². The first-order valence-electron chi connectivity index (χ1n) is 12.7. The van der Waals surface area contributed by atoms with Gasteiger partial charge in [-0.05, 0) is 69.8 Å². The zero-order valence-corrected chi connectivity index (χ0v) is 21.9. The minimum Gasteiger partial charge on any atom is -0.481 e. The lowest BCUT2D eigenvalue weighted by Gasteiger charge is -2.47. The van der Waals surface area contributed by atoms with E-state index in [0.717, 1.165) is 36.8 Å². The Kier molecular flexibility index (Phi) is 6.35. The number of nitrogens with zero attached hydrogens (tertiary/aromatic N) is 4. The van der Waals surface area contributed by atoms with Gasteiger partial charge in [0.05, 0.1) is 17.0 Å². The van der Waals surface area contributed by atoms with Gasteiger partial charge in [0.1, 0.15) is 17.2 Å². The minimum absolute atomic E-state index is 0.0323. The van der Waals surface area contributed by atoms with Crippen molar-refractivity contribution in [2.24, 2.45) is 17.8 Å². The van der Waals surface area contributed by atoms with Crippen LogP contribution in [0.1, 0.15) is 30.6 Å². The van der Waals surface area contributed by atoms with E-state index in [1.165, 1.54) is 17.4 Å². The second-order valence-corrected chi connectivity index (χ2v) is 11.7. The molecule has 0 amide bonds. The standard InChI is InChI=1S/C27H28F2N6O2S/c1-35(2)12-16-7-8-19(38-16)23-21(29)26(32-22-14-5-3-13(4-6-14)20(22)27(36)37)34-25(33-23)18-11-31-24-17(18)9-15(28)10-30-24/h7-11,13-14,20,22H,3-6,12H2,1-2H3,(H,30,31)(H,36,37)(H,32,33,34)/t13?,14?,20-,22-/m0/s1. The molecule has 8 nitrogen and oxygen atoms in total. The highest BCUT2D eigenvalue weighted by atomic mass is 32.1. The summed E-state index contributed by atoms with van der Waals surface area (Å²) in [6.07, 6.45) is 6.32. The van der Waals surface area contributed by atoms with Crippen molar-refractivity contribution in [1.29, 1.82) is 0 Å². The number of aromatic amines is 1. The average Bonchev–Trinajstić information content (AvgIpc) is 3.52. The number of carboxylic acid groups (broad SMARTS) is 1. The van der Waals surface area contributed by atoms with Crippen molar-refractivity contribution in [3.05, 3.63) is 47.1 Å². The van der Waals surface area contributed by atoms with Crippen LogP contribution in [-0.4, -0.2) is 56.0 Å². The van der Waals surface area contributed by atoms with Gasteiger partial charge in [-0.2, -0.15) is 0 Å². The van der Waals surface area contributed by atoms with Crippen LogP contribution in [0.5, 0.6) is 0 Å². The molecule has 3 aliphatic carbocycles. The van der Waals surface area contributed by atoms with E-state index in [1.807, 2.05) is 31.1 Å². The molecule has 0 aliphatic heterocycles. The maximum absolute atomic E-state index is 16.1. The van der Waals surface area contributed by atoms with Crippen molar-refractivity contribution in [2.75, 3.05) is 19.4 Å². The summed E-state index contributed by atoms with van der Waals surface area (Å²) in [5, 5.41) is 13.7. The van der Waals surface area contributed by atoms with Crippen LogP contribution in [0.3, 0.4) is 0 Å². The van der Waals surface area contributed by atoms with Crippen LogP contribution >= 0.6 is 11.3 Å². The van der Waals surface area contributed by atoms with E-state index in [-0.39, 0.29) is 29.2 Å². The molecule has 4 aromatic rings. The van der Waals surface area contributed by atoms with Crippen molar-refractivity contribution in [3.63, 3.8) is 0 Å². The fraction of sp³-hybridized carbons (Fsp3) is 0.407. The number of thiophene rings is 1. The molecule has 4 heterocycles. The number of carbonyl (C=O) groups is 1. The van der Waals surface area contributed by atoms with Gasteiger partial charge >= 0.3 is 5.97 Å². The van der Waals surface area contributed by atoms with E-state index in [2.05, 4.69) is 25.3 Å². The van der Waals surface area contributed by atoms with Crippen LogP contribution in [0.2, 0.25) is 0 Å². The molecule has 198 valence electrons. The first-order chi connectivity index (χ1) is 18.3. The Morgan fingerprint density at radius 2 is 1.95 bits per heavy atom. The Morgan fingerprint density at radius 1 is 1.18 bits per heavy atom. The zero-order chi connectivity index (χ0) is 26.6. The van der Waals surface area contributed by atoms with Crippen molar-refractivity contribution < 1.29 is 18.7 Å². The van der Waals surface area contributed by atoms with E-state index in [4.69, 9.17) is 0 Å². The molecule has 7 rings (SSSR count). The largest absolute Gasteiger partial charge is 0.481 e. The third kappa shape index (κ3) is 4.43. The normalized spacial score (nSPS) is 22.9. The smallest absolute Gasteiger partial charge is 0.308 e. The summed E-state index contributed by atoms with van der Waals surface area (Å²) >= 11 is 1.44. The number of pyridine rings is 1. The number of rotatable bonds is 7. The summed E-state index contributed by atoms with van der Waals surface area (Å²) in [4.78, 5) is 32.2. The van der Waals surface area contributed by atoms with E-state index in [9.17, 15) is 14.3 Å². The highest BCUT2D eigenvalue weighted by molar-refractivity contribution is 7.15. The second kappa shape index (κ2) is 9.70. The number of hydrogen-bond donors (Lipinski definition) is 3. The number of carboxylic acids is 1. The molecule has 38 heavy (non-hydrogen) atoms. The molecule has 3 fully saturated rings. The third-order valence-electron chi connectivity index (χ3n) is 7.76. The maximum atomic E-state index is 16.1. The summed E-state index contributed by atoms with van der Waals surface area (Å²) in [6, 6.07) is 4.69. The molecule has 3 saturated carbocycles. The number of aliphatic carboxylic acids is 1. The van der Waals surface area contributed by atoms with Gasteiger partial charge in [0.25, 0.3) is 0 Å². The summed E-state index contributed by atoms with van der Waals surface area (Å²) in [6.45, 7) is 0.703. The monoisotopic (exact) mass is 538 g/mol. The fourth-order valence-electron chi connectivity index (χ4n) is 6.06. The first-order valence-corrected chi connectivity index (χ1v) is 13.5. The molecule has 4 aromatic heterocycles. The molecule has 0 aromatic carbocycles. The maximum Gasteiger partial charge on any atom is 0.308 e. The first kappa shape index (κ1) is 24.9. The Balaban J connectivity index is 1.48. The number of hydrogen-bond acceptors (Lipinski definition) is 7. The molecule has 2 bridgehead atoms. The van der Waals surface area contributed by atoms with E-state index in [0.29, 0.717) is 28.0 Å². The molecule has 0 saturated heterocycles. The van der Waals surface area contributed by atoms with Crippen molar-refractivity contribution >= 4 is 34.2 Å². The number of halogens is 2. The zero-order valence-electron chi connectivity index (χ0n) is 21.0. The molecule has 3 N–H and O–H groups in total. The molecule has 0 radical (unpaired) electrons. The molecular formula is C27H28F2N6O2S. The van der Waals surface area contributed by atoms with Gasteiger partial charge in [0, 0.05) is 34.6 Å². The lowest BCUT2D eigenvalue weighted by molar-refractivity contribution is -0.148. The van der Waals surface area contributed by atoms with Gasteiger partial charge in [0.15, 0.2) is 17.5 Å². The van der Waals surface area contributed by atoms with E-state index < -0.39 is 29.6 Å². The Hall–Kier alpha value is -3.44. The Bertz CT molecular complexity index is 1510. The van der Waals surface area contributed by atoms with Gasteiger partial charge in [-0.1, -0.05) is 0 Å². The predicted molar refractivity (Wildman–Crippen MR) is 142 cm³/mol. The van der Waals surface area contributed by atoms with Gasteiger partial charge < -0.3 is 20.3 Å². The van der Waals surface area contributed by atoms with Crippen LogP contribution in [0.4, 0.5) is 14.6 Å². The quantitative estimate of drug-likeness (QED) is 0.290. The van der Waals surface area contributed by atoms with Gasteiger partial charge in [0.2, 0.25) is 0 Å². The van der Waals surface area contributed by atoms with Crippen LogP contribution < -0.4 is 5.32 Å². The summed E-state index contributed by atoms with van der Waals surface area (Å²) in [7, 11) is 3.93. The Labute approximate surface area is 222 Å². The van der Waals surface area contributed by atoms with Crippen LogP contribution in [0, 0.1) is 29.4 Å². The average molecular weight is 539 g/mol. The Morgan fingerprint density at radius 3 is 2.68 bits per heavy atom. The number of nitrogens with one attached hydrogen (secondary N) is 2. The molecule has 0 unspecified atom stereocenters. The highest BCUT2D eigenvalue weighted by Gasteiger charge is 2.47. The third-order valence-corrected chi connectivity index (χ3v) is 8.84. The van der Waals surface area contributed by atoms with Crippen molar-refractivity contribution in [1.82, 2.24) is 24.8 Å². The molecule has 3 aliphatic rings. The number of fused-ring (bicyclic) bond motifs is 4. The molecule has 0 spiro atoms. The van der Waals surface area contributed by atoms with E-state index in [1.54, 1.807) is 6.20 Å². The van der Waals surface area contributed by atoms with Crippen molar-refractivity contribution in [2.45, 2.75) is 38.3 Å². The van der Waals surface area contributed by atoms with Gasteiger partial charge in [-0.3, -0.25) is 4.79 Å². The van der Waals surface area contributed by atoms with Crippen molar-refractivity contribution in [3.8, 4) is 22.0 Å². The summed E-state index contributed by atoms with van der Waals surface area (Å²) in [5.74, 6) is -2.24. The highest BCUT2D eigenvalue weighted by Crippen LogP contribution is 2.47. The molecule has 11 heteroatoms.